The van der Waals surface area contributed by atoms with Crippen molar-refractivity contribution in [3.63, 3.8) is 0 Å². The molecule has 0 saturated heterocycles. The quantitative estimate of drug-likeness (QED) is 0.710. The zero-order valence-corrected chi connectivity index (χ0v) is 7.45. The second kappa shape index (κ2) is 3.96. The average Bonchev–Trinajstić information content (AvgIpc) is 2.04. The van der Waals surface area contributed by atoms with E-state index in [1.807, 2.05) is 0 Å². The lowest BCUT2D eigenvalue weighted by Crippen LogP contribution is -2.00. The van der Waals surface area contributed by atoms with Gasteiger partial charge in [-0.25, -0.2) is 4.79 Å². The van der Waals surface area contributed by atoms with Crippen LogP contribution in [-0.4, -0.2) is 11.1 Å². The van der Waals surface area contributed by atoms with Gasteiger partial charge in [-0.05, 0) is 17.7 Å². The number of carbonyl (C=O) groups is 1. The van der Waals surface area contributed by atoms with Crippen LogP contribution in [-0.2, 0) is 4.79 Å². The number of carboxylic acids is 1. The van der Waals surface area contributed by atoms with Gasteiger partial charge < -0.3 is 10.8 Å². The molecule has 1 aromatic carbocycles. The number of halogens is 1. The van der Waals surface area contributed by atoms with Gasteiger partial charge in [0.1, 0.15) is 0 Å². The third-order valence-corrected chi connectivity index (χ3v) is 1.71. The van der Waals surface area contributed by atoms with Crippen molar-refractivity contribution in [2.45, 2.75) is 0 Å². The normalized spacial score (nSPS) is 11.3. The van der Waals surface area contributed by atoms with Gasteiger partial charge in [-0.3, -0.25) is 0 Å². The Morgan fingerprint density at radius 2 is 1.92 bits per heavy atom. The molecular weight excluding hydrogens is 190 g/mol. The summed E-state index contributed by atoms with van der Waals surface area (Å²) < 4.78 is 0. The van der Waals surface area contributed by atoms with Crippen molar-refractivity contribution in [3.8, 4) is 0 Å². The number of rotatable bonds is 2. The average molecular weight is 198 g/mol. The molecule has 3 N–H and O–H groups in total. The highest BCUT2D eigenvalue weighted by Crippen LogP contribution is 2.13. The standard InChI is InChI=1S/C9H8ClNO2/c10-7-3-1-6(2-4-7)8(11)5-9(12)13/h1-5H,11H2,(H,12,13). The molecule has 0 unspecified atom stereocenters. The van der Waals surface area contributed by atoms with Gasteiger partial charge in [-0.2, -0.15) is 0 Å². The minimum atomic E-state index is -1.06. The summed E-state index contributed by atoms with van der Waals surface area (Å²) in [5, 5.41) is 9.01. The summed E-state index contributed by atoms with van der Waals surface area (Å²) in [6.07, 6.45) is 0.948. The number of nitrogens with two attached hydrogens (primary N) is 1. The molecule has 4 heteroatoms. The van der Waals surface area contributed by atoms with Gasteiger partial charge in [0, 0.05) is 16.8 Å². The predicted molar refractivity (Wildman–Crippen MR) is 51.3 cm³/mol. The van der Waals surface area contributed by atoms with Gasteiger partial charge in [0.15, 0.2) is 0 Å². The highest BCUT2D eigenvalue weighted by molar-refractivity contribution is 6.30. The minimum Gasteiger partial charge on any atom is -0.478 e. The summed E-state index contributed by atoms with van der Waals surface area (Å²) >= 11 is 5.65. The van der Waals surface area contributed by atoms with Crippen LogP contribution in [0.15, 0.2) is 30.3 Å². The SMILES string of the molecule is NC(=CC(=O)O)c1ccc(Cl)cc1. The van der Waals surface area contributed by atoms with Crippen molar-refractivity contribution >= 4 is 23.3 Å². The highest BCUT2D eigenvalue weighted by atomic mass is 35.5. The Labute approximate surface area is 80.4 Å². The summed E-state index contributed by atoms with van der Waals surface area (Å²) in [5.74, 6) is -1.06. The fourth-order valence-corrected chi connectivity index (χ4v) is 0.985. The predicted octanol–water partition coefficient (Wildman–Crippen LogP) is 1.72. The first kappa shape index (κ1) is 9.61. The molecule has 0 aromatic heterocycles. The molecule has 13 heavy (non-hydrogen) atoms. The largest absolute Gasteiger partial charge is 0.478 e. The van der Waals surface area contributed by atoms with E-state index >= 15 is 0 Å². The second-order valence-corrected chi connectivity index (χ2v) is 2.88. The lowest BCUT2D eigenvalue weighted by molar-refractivity contribution is -0.131. The first-order chi connectivity index (χ1) is 6.09. The Morgan fingerprint density at radius 1 is 1.38 bits per heavy atom. The second-order valence-electron chi connectivity index (χ2n) is 2.44. The molecule has 0 bridgehead atoms. The maximum Gasteiger partial charge on any atom is 0.330 e. The summed E-state index contributed by atoms with van der Waals surface area (Å²) in [6.45, 7) is 0. The van der Waals surface area contributed by atoms with Crippen LogP contribution in [0.3, 0.4) is 0 Å². The summed E-state index contributed by atoms with van der Waals surface area (Å²) in [4.78, 5) is 10.3. The van der Waals surface area contributed by atoms with Gasteiger partial charge in [-0.15, -0.1) is 0 Å². The molecule has 0 aliphatic carbocycles. The van der Waals surface area contributed by atoms with Crippen LogP contribution in [0.5, 0.6) is 0 Å². The van der Waals surface area contributed by atoms with E-state index < -0.39 is 5.97 Å². The molecular formula is C9H8ClNO2. The van der Waals surface area contributed by atoms with E-state index in [1.165, 1.54) is 0 Å². The Morgan fingerprint density at radius 3 is 2.38 bits per heavy atom. The van der Waals surface area contributed by atoms with E-state index in [2.05, 4.69) is 0 Å². The lowest BCUT2D eigenvalue weighted by Gasteiger charge is -1.99. The maximum absolute atomic E-state index is 10.3. The van der Waals surface area contributed by atoms with Crippen LogP contribution in [0.2, 0.25) is 5.02 Å². The van der Waals surface area contributed by atoms with Gasteiger partial charge in [0.25, 0.3) is 0 Å². The Bertz CT molecular complexity index is 343. The fraction of sp³-hybridized carbons (Fsp3) is 0. The van der Waals surface area contributed by atoms with Crippen molar-refractivity contribution in [1.29, 1.82) is 0 Å². The first-order valence-electron chi connectivity index (χ1n) is 3.55. The molecule has 0 radical (unpaired) electrons. The molecule has 68 valence electrons. The van der Waals surface area contributed by atoms with Crippen LogP contribution >= 0.6 is 11.6 Å². The highest BCUT2D eigenvalue weighted by Gasteiger charge is 1.98. The van der Waals surface area contributed by atoms with E-state index in [4.69, 9.17) is 22.4 Å². The third kappa shape index (κ3) is 2.80. The molecule has 0 amide bonds. The molecule has 0 spiro atoms. The first-order valence-corrected chi connectivity index (χ1v) is 3.93. The van der Waals surface area contributed by atoms with E-state index in [-0.39, 0.29) is 5.70 Å². The van der Waals surface area contributed by atoms with Crippen molar-refractivity contribution in [2.24, 2.45) is 5.73 Å². The van der Waals surface area contributed by atoms with Crippen LogP contribution in [0, 0.1) is 0 Å². The van der Waals surface area contributed by atoms with Crippen molar-refractivity contribution in [1.82, 2.24) is 0 Å². The third-order valence-electron chi connectivity index (χ3n) is 1.46. The van der Waals surface area contributed by atoms with Crippen molar-refractivity contribution in [3.05, 3.63) is 40.9 Å². The number of aliphatic carboxylic acids is 1. The summed E-state index contributed by atoms with van der Waals surface area (Å²) in [5.41, 5.74) is 6.34. The zero-order valence-electron chi connectivity index (χ0n) is 6.70. The molecule has 1 rings (SSSR count). The molecule has 0 heterocycles. The lowest BCUT2D eigenvalue weighted by atomic mass is 10.1. The van der Waals surface area contributed by atoms with Gasteiger partial charge in [0.05, 0.1) is 0 Å². The van der Waals surface area contributed by atoms with Gasteiger partial charge >= 0.3 is 5.97 Å². The van der Waals surface area contributed by atoms with E-state index in [0.717, 1.165) is 6.08 Å². The van der Waals surface area contributed by atoms with Crippen LogP contribution in [0.1, 0.15) is 5.56 Å². The molecule has 0 saturated carbocycles. The Kier molecular flexibility index (Phi) is 2.93. The van der Waals surface area contributed by atoms with Crippen LogP contribution < -0.4 is 5.73 Å². The van der Waals surface area contributed by atoms with E-state index in [1.54, 1.807) is 24.3 Å². The summed E-state index contributed by atoms with van der Waals surface area (Å²) in [7, 11) is 0. The zero-order chi connectivity index (χ0) is 9.84. The molecule has 0 aliphatic heterocycles. The number of benzene rings is 1. The topological polar surface area (TPSA) is 63.3 Å². The van der Waals surface area contributed by atoms with Gasteiger partial charge in [-0.1, -0.05) is 23.7 Å². The number of hydrogen-bond donors (Lipinski definition) is 2. The molecule has 0 aliphatic rings. The number of carboxylic acid groups (broad SMARTS) is 1. The van der Waals surface area contributed by atoms with Crippen molar-refractivity contribution in [2.75, 3.05) is 0 Å². The van der Waals surface area contributed by atoms with Crippen LogP contribution in [0.25, 0.3) is 5.70 Å². The summed E-state index contributed by atoms with van der Waals surface area (Å²) in [6, 6.07) is 6.63. The molecule has 0 atom stereocenters. The maximum atomic E-state index is 10.3. The van der Waals surface area contributed by atoms with Gasteiger partial charge in [0.2, 0.25) is 0 Å². The Hall–Kier alpha value is -1.48. The smallest absolute Gasteiger partial charge is 0.330 e. The number of hydrogen-bond acceptors (Lipinski definition) is 2. The minimum absolute atomic E-state index is 0.212. The molecule has 3 nitrogen and oxygen atoms in total. The Balaban J connectivity index is 2.96. The van der Waals surface area contributed by atoms with E-state index in [9.17, 15) is 4.79 Å². The van der Waals surface area contributed by atoms with E-state index in [0.29, 0.717) is 10.6 Å². The molecule has 1 aromatic rings. The van der Waals surface area contributed by atoms with Crippen LogP contribution in [0.4, 0.5) is 0 Å². The molecule has 0 fully saturated rings. The fourth-order valence-electron chi connectivity index (χ4n) is 0.859. The van der Waals surface area contributed by atoms with Crippen molar-refractivity contribution < 1.29 is 9.90 Å². The monoisotopic (exact) mass is 197 g/mol.